The maximum absolute atomic E-state index is 11.6. The monoisotopic (exact) mass is 225 g/mol. The molecule has 0 aliphatic rings. The summed E-state index contributed by atoms with van der Waals surface area (Å²) in [6, 6.07) is 0. The second kappa shape index (κ2) is 4.78. The van der Waals surface area contributed by atoms with E-state index in [0.717, 1.165) is 0 Å². The number of carboxylic acids is 1. The van der Waals surface area contributed by atoms with Crippen LogP contribution in [0.1, 0.15) is 23.0 Å². The lowest BCUT2D eigenvalue weighted by Gasteiger charge is -2.13. The quantitative estimate of drug-likeness (QED) is 0.803. The normalized spacial score (nSPS) is 10.2. The molecule has 0 bridgehead atoms. The van der Waals surface area contributed by atoms with E-state index in [0.29, 0.717) is 12.2 Å². The molecule has 0 saturated carbocycles. The van der Waals surface area contributed by atoms with Gasteiger partial charge in [0.1, 0.15) is 12.1 Å². The molecule has 0 fully saturated rings. The maximum atomic E-state index is 11.6. The van der Waals surface area contributed by atoms with Gasteiger partial charge in [-0.15, -0.1) is 0 Å². The molecule has 1 heterocycles. The zero-order chi connectivity index (χ0) is 12.3. The van der Waals surface area contributed by atoms with Crippen LogP contribution in [0.3, 0.4) is 0 Å². The largest absolute Gasteiger partial charge is 0.478 e. The van der Waals surface area contributed by atoms with Gasteiger partial charge < -0.3 is 10.0 Å². The Morgan fingerprint density at radius 1 is 1.56 bits per heavy atom. The predicted molar refractivity (Wildman–Crippen MR) is 57.2 cm³/mol. The molecule has 0 unspecified atom stereocenters. The van der Waals surface area contributed by atoms with Crippen LogP contribution in [0.5, 0.6) is 0 Å². The molecular formula is C10H15N3O3. The van der Waals surface area contributed by atoms with Gasteiger partial charge in [0, 0.05) is 19.8 Å². The van der Waals surface area contributed by atoms with Crippen LogP contribution in [-0.2, 0) is 11.3 Å². The van der Waals surface area contributed by atoms with Crippen LogP contribution < -0.4 is 0 Å². The molecule has 0 aromatic carbocycles. The first kappa shape index (κ1) is 12.2. The summed E-state index contributed by atoms with van der Waals surface area (Å²) in [4.78, 5) is 23.9. The summed E-state index contributed by atoms with van der Waals surface area (Å²) >= 11 is 0. The van der Waals surface area contributed by atoms with Crippen molar-refractivity contribution in [1.29, 1.82) is 0 Å². The highest BCUT2D eigenvalue weighted by molar-refractivity contribution is 5.88. The smallest absolute Gasteiger partial charge is 0.339 e. The molecule has 1 N–H and O–H groups in total. The summed E-state index contributed by atoms with van der Waals surface area (Å²) in [5, 5.41) is 12.8. The summed E-state index contributed by atoms with van der Waals surface area (Å²) < 4.78 is 1.35. The van der Waals surface area contributed by atoms with Crippen molar-refractivity contribution in [2.75, 3.05) is 13.6 Å². The van der Waals surface area contributed by atoms with Crippen LogP contribution in [0.4, 0.5) is 0 Å². The molecule has 6 nitrogen and oxygen atoms in total. The van der Waals surface area contributed by atoms with Crippen LogP contribution in [0, 0.1) is 6.92 Å². The first-order valence-electron chi connectivity index (χ1n) is 4.97. The molecule has 0 aliphatic carbocycles. The van der Waals surface area contributed by atoms with Crippen LogP contribution in [0.2, 0.25) is 0 Å². The second-order valence-corrected chi connectivity index (χ2v) is 3.54. The van der Waals surface area contributed by atoms with Crippen molar-refractivity contribution >= 4 is 11.9 Å². The van der Waals surface area contributed by atoms with E-state index in [1.165, 1.54) is 10.9 Å². The number of aromatic carboxylic acids is 1. The lowest BCUT2D eigenvalue weighted by Crippen LogP contribution is -2.30. The number of amides is 1. The van der Waals surface area contributed by atoms with Crippen molar-refractivity contribution in [3.63, 3.8) is 0 Å². The zero-order valence-corrected chi connectivity index (χ0v) is 9.60. The maximum Gasteiger partial charge on any atom is 0.339 e. The third-order valence-corrected chi connectivity index (χ3v) is 2.37. The number of carboxylic acid groups (broad SMARTS) is 1. The first-order chi connectivity index (χ1) is 7.45. The fourth-order valence-electron chi connectivity index (χ4n) is 1.24. The number of aromatic nitrogens is 2. The van der Waals surface area contributed by atoms with Gasteiger partial charge in [-0.25, -0.2) is 4.79 Å². The number of carbonyl (C=O) groups is 2. The van der Waals surface area contributed by atoms with E-state index in [1.54, 1.807) is 18.9 Å². The molecule has 0 radical (unpaired) electrons. The third kappa shape index (κ3) is 2.59. The fourth-order valence-corrected chi connectivity index (χ4v) is 1.24. The molecule has 0 saturated heterocycles. The first-order valence-corrected chi connectivity index (χ1v) is 4.97. The van der Waals surface area contributed by atoms with Gasteiger partial charge in [0.25, 0.3) is 0 Å². The van der Waals surface area contributed by atoms with Crippen LogP contribution in [0.25, 0.3) is 0 Å². The van der Waals surface area contributed by atoms with Crippen molar-refractivity contribution in [3.8, 4) is 0 Å². The lowest BCUT2D eigenvalue weighted by molar-refractivity contribution is -0.130. The predicted octanol–water partition coefficient (Wildman–Crippen LogP) is 0.368. The van der Waals surface area contributed by atoms with E-state index in [2.05, 4.69) is 5.10 Å². The molecule has 88 valence electrons. The molecule has 0 spiro atoms. The highest BCUT2D eigenvalue weighted by Crippen LogP contribution is 2.05. The van der Waals surface area contributed by atoms with Crippen LogP contribution in [0.15, 0.2) is 6.20 Å². The zero-order valence-electron chi connectivity index (χ0n) is 9.60. The standard InChI is InChI=1S/C10H15N3O3/c1-4-12(3)9(14)6-13-5-8(10(15)16)7(2)11-13/h5H,4,6H2,1-3H3,(H,15,16). The molecule has 1 aromatic rings. The number of rotatable bonds is 4. The molecule has 0 aliphatic heterocycles. The lowest BCUT2D eigenvalue weighted by atomic mass is 10.3. The summed E-state index contributed by atoms with van der Waals surface area (Å²) in [6.45, 7) is 4.16. The molecule has 16 heavy (non-hydrogen) atoms. The molecule has 0 atom stereocenters. The van der Waals surface area contributed by atoms with Crippen molar-refractivity contribution < 1.29 is 14.7 Å². The van der Waals surface area contributed by atoms with Crippen molar-refractivity contribution in [2.45, 2.75) is 20.4 Å². The number of aryl methyl sites for hydroxylation is 1. The average Bonchev–Trinajstić information content (AvgIpc) is 2.58. The highest BCUT2D eigenvalue weighted by atomic mass is 16.4. The van der Waals surface area contributed by atoms with E-state index in [9.17, 15) is 9.59 Å². The minimum atomic E-state index is -1.03. The number of carbonyl (C=O) groups excluding carboxylic acids is 1. The Bertz CT molecular complexity index is 411. The van der Waals surface area contributed by atoms with Gasteiger partial charge in [-0.2, -0.15) is 5.10 Å². The van der Waals surface area contributed by atoms with Gasteiger partial charge in [-0.05, 0) is 13.8 Å². The van der Waals surface area contributed by atoms with E-state index >= 15 is 0 Å². The molecule has 6 heteroatoms. The minimum Gasteiger partial charge on any atom is -0.478 e. The molecule has 1 aromatic heterocycles. The minimum absolute atomic E-state index is 0.0679. The van der Waals surface area contributed by atoms with Gasteiger partial charge >= 0.3 is 5.97 Å². The Labute approximate surface area is 93.5 Å². The van der Waals surface area contributed by atoms with Gasteiger partial charge in [-0.3, -0.25) is 9.48 Å². The topological polar surface area (TPSA) is 75.4 Å². The summed E-state index contributed by atoms with van der Waals surface area (Å²) in [5.41, 5.74) is 0.548. The van der Waals surface area contributed by atoms with Crippen LogP contribution >= 0.6 is 0 Å². The van der Waals surface area contributed by atoms with Gasteiger partial charge in [0.15, 0.2) is 0 Å². The number of hydrogen-bond donors (Lipinski definition) is 1. The van der Waals surface area contributed by atoms with E-state index in [-0.39, 0.29) is 18.0 Å². The van der Waals surface area contributed by atoms with Gasteiger partial charge in [-0.1, -0.05) is 0 Å². The third-order valence-electron chi connectivity index (χ3n) is 2.37. The van der Waals surface area contributed by atoms with Crippen molar-refractivity contribution in [1.82, 2.24) is 14.7 Å². The average molecular weight is 225 g/mol. The summed E-state index contributed by atoms with van der Waals surface area (Å²) in [6.07, 6.45) is 1.37. The van der Waals surface area contributed by atoms with E-state index in [4.69, 9.17) is 5.11 Å². The Morgan fingerprint density at radius 3 is 2.62 bits per heavy atom. The molecular weight excluding hydrogens is 210 g/mol. The van der Waals surface area contributed by atoms with Gasteiger partial charge in [0.2, 0.25) is 5.91 Å². The van der Waals surface area contributed by atoms with Crippen molar-refractivity contribution in [2.24, 2.45) is 0 Å². The van der Waals surface area contributed by atoms with Crippen molar-refractivity contribution in [3.05, 3.63) is 17.5 Å². The van der Waals surface area contributed by atoms with E-state index in [1.807, 2.05) is 6.92 Å². The molecule has 1 rings (SSSR count). The number of nitrogens with zero attached hydrogens (tertiary/aromatic N) is 3. The second-order valence-electron chi connectivity index (χ2n) is 3.54. The van der Waals surface area contributed by atoms with E-state index < -0.39 is 5.97 Å². The Kier molecular flexibility index (Phi) is 3.65. The Morgan fingerprint density at radius 2 is 2.19 bits per heavy atom. The Balaban J connectivity index is 2.79. The van der Waals surface area contributed by atoms with Crippen LogP contribution in [-0.4, -0.2) is 45.3 Å². The summed E-state index contributed by atoms with van der Waals surface area (Å²) in [7, 11) is 1.69. The number of hydrogen-bond acceptors (Lipinski definition) is 3. The van der Waals surface area contributed by atoms with Gasteiger partial charge in [0.05, 0.1) is 5.69 Å². The highest BCUT2D eigenvalue weighted by Gasteiger charge is 2.14. The number of likely N-dealkylation sites (N-methyl/N-ethyl adjacent to an activating group) is 1. The Hall–Kier alpha value is -1.85. The molecule has 1 amide bonds. The fraction of sp³-hybridized carbons (Fsp3) is 0.500. The SMILES string of the molecule is CCN(C)C(=O)Cn1cc(C(=O)O)c(C)n1. The summed E-state index contributed by atoms with van der Waals surface area (Å²) in [5.74, 6) is -1.12.